The largest absolute Gasteiger partial charge is 0.489 e. The number of hydrogen-bond donors (Lipinski definition) is 2. The highest BCUT2D eigenvalue weighted by atomic mass is 16.7. The summed E-state index contributed by atoms with van der Waals surface area (Å²) in [4.78, 5) is 15.2. The Bertz CT molecular complexity index is 1140. The van der Waals surface area contributed by atoms with Gasteiger partial charge in [-0.15, -0.1) is 0 Å². The van der Waals surface area contributed by atoms with E-state index in [1.807, 2.05) is 48.5 Å². The molecular weight excluding hydrogens is 444 g/mol. The Morgan fingerprint density at radius 1 is 1.00 bits per heavy atom. The molecule has 0 bridgehead atoms. The van der Waals surface area contributed by atoms with E-state index in [4.69, 9.17) is 14.2 Å². The van der Waals surface area contributed by atoms with Gasteiger partial charge in [-0.1, -0.05) is 36.4 Å². The minimum absolute atomic E-state index is 0.200. The normalized spacial score (nSPS) is 19.7. The van der Waals surface area contributed by atoms with Crippen LogP contribution in [0.1, 0.15) is 34.3 Å². The lowest BCUT2D eigenvalue weighted by molar-refractivity contribution is 0.0798. The van der Waals surface area contributed by atoms with Gasteiger partial charge >= 0.3 is 0 Å². The van der Waals surface area contributed by atoms with Crippen LogP contribution < -0.4 is 19.5 Å². The van der Waals surface area contributed by atoms with E-state index >= 15 is 0 Å². The van der Waals surface area contributed by atoms with E-state index in [0.29, 0.717) is 37.4 Å². The number of benzene rings is 3. The summed E-state index contributed by atoms with van der Waals surface area (Å²) in [6.45, 7) is 2.86. The monoisotopic (exact) mass is 474 g/mol. The van der Waals surface area contributed by atoms with Gasteiger partial charge in [0.25, 0.3) is 5.91 Å². The van der Waals surface area contributed by atoms with E-state index in [-0.39, 0.29) is 18.7 Å². The van der Waals surface area contributed by atoms with E-state index in [1.165, 1.54) is 0 Å². The van der Waals surface area contributed by atoms with E-state index in [9.17, 15) is 9.90 Å². The van der Waals surface area contributed by atoms with Crippen LogP contribution in [0.3, 0.4) is 0 Å². The molecule has 182 valence electrons. The maximum atomic E-state index is 12.9. The first kappa shape index (κ1) is 23.2. The van der Waals surface area contributed by atoms with Crippen molar-refractivity contribution in [2.75, 3.05) is 19.9 Å². The Balaban J connectivity index is 1.18. The summed E-state index contributed by atoms with van der Waals surface area (Å²) in [6.07, 6.45) is 0.926. The minimum atomic E-state index is -0.589. The van der Waals surface area contributed by atoms with Crippen LogP contribution in [0, 0.1) is 0 Å². The number of rotatable bonds is 7. The average Bonchev–Trinajstić information content (AvgIpc) is 3.28. The summed E-state index contributed by atoms with van der Waals surface area (Å²) < 4.78 is 16.7. The lowest BCUT2D eigenvalue weighted by Crippen LogP contribution is -2.48. The molecule has 35 heavy (non-hydrogen) atoms. The van der Waals surface area contributed by atoms with Crippen LogP contribution in [0.5, 0.6) is 17.2 Å². The first-order chi connectivity index (χ1) is 17.1. The number of carbonyl (C=O) groups is 1. The highest BCUT2D eigenvalue weighted by Crippen LogP contribution is 2.33. The Labute approximate surface area is 205 Å². The quantitative estimate of drug-likeness (QED) is 0.543. The van der Waals surface area contributed by atoms with Crippen molar-refractivity contribution in [1.82, 2.24) is 10.2 Å². The number of hydrogen-bond acceptors (Lipinski definition) is 6. The number of nitrogens with one attached hydrogen (secondary N) is 1. The summed E-state index contributed by atoms with van der Waals surface area (Å²) in [5, 5.41) is 13.7. The van der Waals surface area contributed by atoms with Gasteiger partial charge in [0.2, 0.25) is 6.79 Å². The fraction of sp³-hybridized carbons (Fsp3) is 0.321. The predicted molar refractivity (Wildman–Crippen MR) is 132 cm³/mol. The molecule has 0 spiro atoms. The Morgan fingerprint density at radius 3 is 2.63 bits per heavy atom. The predicted octanol–water partition coefficient (Wildman–Crippen LogP) is 3.75. The van der Waals surface area contributed by atoms with Crippen LogP contribution in [0.25, 0.3) is 0 Å². The van der Waals surface area contributed by atoms with Gasteiger partial charge in [-0.05, 0) is 66.9 Å². The minimum Gasteiger partial charge on any atom is -0.489 e. The fourth-order valence-electron chi connectivity index (χ4n) is 4.49. The van der Waals surface area contributed by atoms with Crippen molar-refractivity contribution in [2.45, 2.75) is 38.1 Å². The molecule has 7 heteroatoms. The third kappa shape index (κ3) is 5.93. The topological polar surface area (TPSA) is 80.3 Å². The molecule has 3 aromatic carbocycles. The molecule has 1 amide bonds. The van der Waals surface area contributed by atoms with Crippen molar-refractivity contribution in [2.24, 2.45) is 0 Å². The number of carbonyl (C=O) groups excluding carboxylic acids is 1. The van der Waals surface area contributed by atoms with Gasteiger partial charge in [0.15, 0.2) is 11.5 Å². The summed E-state index contributed by atoms with van der Waals surface area (Å²) in [7, 11) is 0. The molecule has 0 saturated carbocycles. The van der Waals surface area contributed by atoms with Crippen molar-refractivity contribution >= 4 is 5.91 Å². The van der Waals surface area contributed by atoms with E-state index in [2.05, 4.69) is 10.2 Å². The van der Waals surface area contributed by atoms with Crippen molar-refractivity contribution in [3.63, 3.8) is 0 Å². The second-order valence-electron chi connectivity index (χ2n) is 9.01. The number of ether oxygens (including phenoxy) is 3. The van der Waals surface area contributed by atoms with Crippen LogP contribution in [0.4, 0.5) is 0 Å². The van der Waals surface area contributed by atoms with Crippen molar-refractivity contribution in [1.29, 1.82) is 0 Å². The average molecular weight is 475 g/mol. The van der Waals surface area contributed by atoms with E-state index < -0.39 is 6.10 Å². The van der Waals surface area contributed by atoms with Crippen molar-refractivity contribution < 1.29 is 24.1 Å². The molecule has 2 heterocycles. The molecule has 5 rings (SSSR count). The second-order valence-corrected chi connectivity index (χ2v) is 9.01. The molecule has 2 N–H and O–H groups in total. The smallest absolute Gasteiger partial charge is 0.251 e. The Kier molecular flexibility index (Phi) is 7.16. The van der Waals surface area contributed by atoms with Crippen LogP contribution in [-0.2, 0) is 13.2 Å². The van der Waals surface area contributed by atoms with Crippen LogP contribution in [-0.4, -0.2) is 47.9 Å². The van der Waals surface area contributed by atoms with Gasteiger partial charge in [0, 0.05) is 18.7 Å². The van der Waals surface area contributed by atoms with Crippen LogP contribution in [0.2, 0.25) is 0 Å². The number of amides is 1. The lowest BCUT2D eigenvalue weighted by atomic mass is 10.1. The molecule has 0 radical (unpaired) electrons. The maximum absolute atomic E-state index is 12.9. The third-order valence-electron chi connectivity index (χ3n) is 6.42. The highest BCUT2D eigenvalue weighted by molar-refractivity contribution is 5.94. The van der Waals surface area contributed by atoms with Gasteiger partial charge in [0.05, 0.1) is 12.1 Å². The van der Waals surface area contributed by atoms with E-state index in [1.54, 1.807) is 24.3 Å². The summed E-state index contributed by atoms with van der Waals surface area (Å²) in [5.41, 5.74) is 2.74. The first-order valence-corrected chi connectivity index (χ1v) is 12.0. The molecular formula is C28H30N2O5. The van der Waals surface area contributed by atoms with Crippen molar-refractivity contribution in [3.8, 4) is 17.2 Å². The second kappa shape index (κ2) is 10.8. The van der Waals surface area contributed by atoms with Crippen molar-refractivity contribution in [3.05, 3.63) is 89.5 Å². The van der Waals surface area contributed by atoms with Gasteiger partial charge in [0.1, 0.15) is 12.4 Å². The number of aliphatic hydroxyl groups excluding tert-OH is 1. The SMILES string of the molecule is O=C(NC1CN(Cc2ccc3c(c2)OCO3)CCCC1O)c1ccc(OCc2ccccc2)cc1. The van der Waals surface area contributed by atoms with Crippen LogP contribution >= 0.6 is 0 Å². The zero-order valence-corrected chi connectivity index (χ0v) is 19.6. The molecule has 7 nitrogen and oxygen atoms in total. The number of nitrogens with zero attached hydrogens (tertiary/aromatic N) is 1. The third-order valence-corrected chi connectivity index (χ3v) is 6.42. The van der Waals surface area contributed by atoms with Crippen LogP contribution in [0.15, 0.2) is 72.8 Å². The summed E-state index contributed by atoms with van der Waals surface area (Å²) in [6, 6.07) is 22.7. The van der Waals surface area contributed by atoms with Gasteiger partial charge in [-0.2, -0.15) is 0 Å². The molecule has 0 aromatic heterocycles. The Hall–Kier alpha value is -3.55. The zero-order chi connectivity index (χ0) is 24.0. The van der Waals surface area contributed by atoms with Gasteiger partial charge in [-0.3, -0.25) is 9.69 Å². The molecule has 2 unspecified atom stereocenters. The summed E-state index contributed by atoms with van der Waals surface area (Å²) >= 11 is 0. The molecule has 3 aromatic rings. The zero-order valence-electron chi connectivity index (χ0n) is 19.6. The highest BCUT2D eigenvalue weighted by Gasteiger charge is 2.27. The first-order valence-electron chi connectivity index (χ1n) is 12.0. The number of likely N-dealkylation sites (tertiary alicyclic amines) is 1. The molecule has 0 aliphatic carbocycles. The molecule has 2 atom stereocenters. The molecule has 1 fully saturated rings. The van der Waals surface area contributed by atoms with Gasteiger partial charge < -0.3 is 24.6 Å². The molecule has 1 saturated heterocycles. The maximum Gasteiger partial charge on any atom is 0.251 e. The standard InChI is InChI=1S/C28H30N2O5/c31-25-7-4-14-30(16-21-8-13-26-27(15-21)35-19-34-26)17-24(25)29-28(32)22-9-11-23(12-10-22)33-18-20-5-2-1-3-6-20/h1-3,5-6,8-13,15,24-25,31H,4,7,14,16-19H2,(H,29,32). The number of fused-ring (bicyclic) bond motifs is 1. The van der Waals surface area contributed by atoms with E-state index in [0.717, 1.165) is 35.6 Å². The molecule has 2 aliphatic rings. The summed E-state index contributed by atoms with van der Waals surface area (Å²) in [5.74, 6) is 2.03. The van der Waals surface area contributed by atoms with Gasteiger partial charge in [-0.25, -0.2) is 0 Å². The lowest BCUT2D eigenvalue weighted by Gasteiger charge is -2.27. The number of aliphatic hydroxyl groups is 1. The fourth-order valence-corrected chi connectivity index (χ4v) is 4.49. The Morgan fingerprint density at radius 2 is 1.80 bits per heavy atom. The molecule has 2 aliphatic heterocycles.